The third kappa shape index (κ3) is 4.78. The van der Waals surface area contributed by atoms with Gasteiger partial charge in [0.2, 0.25) is 0 Å². The van der Waals surface area contributed by atoms with E-state index in [1.54, 1.807) is 0 Å². The lowest BCUT2D eigenvalue weighted by Gasteiger charge is -2.15. The Morgan fingerprint density at radius 2 is 2.00 bits per heavy atom. The van der Waals surface area contributed by atoms with Gasteiger partial charge in [0.1, 0.15) is 17.7 Å². The van der Waals surface area contributed by atoms with E-state index in [9.17, 15) is 18.4 Å². The summed E-state index contributed by atoms with van der Waals surface area (Å²) in [6.07, 6.45) is 0.579. The Hall–Kier alpha value is -2.02. The maximum absolute atomic E-state index is 13.6. The summed E-state index contributed by atoms with van der Waals surface area (Å²) in [5, 5.41) is 11.2. The van der Waals surface area contributed by atoms with Crippen molar-refractivity contribution in [3.05, 3.63) is 34.9 Å². The van der Waals surface area contributed by atoms with Gasteiger partial charge in [-0.2, -0.15) is 0 Å². The van der Waals surface area contributed by atoms with E-state index in [1.165, 1.54) is 14.0 Å². The minimum atomic E-state index is -1.22. The van der Waals surface area contributed by atoms with Crippen LogP contribution in [-0.4, -0.2) is 36.7 Å². The maximum Gasteiger partial charge on any atom is 0.326 e. The molecule has 0 aliphatic heterocycles. The molecule has 5 nitrogen and oxygen atoms in total. The Labute approximate surface area is 120 Å². The SMILES string of the molecule is COCCCC(NC(=O)c1cc(C)c(F)cc1F)C(=O)O. The lowest BCUT2D eigenvalue weighted by atomic mass is 10.1. The van der Waals surface area contributed by atoms with E-state index >= 15 is 0 Å². The molecule has 0 aliphatic rings. The van der Waals surface area contributed by atoms with Crippen LogP contribution in [-0.2, 0) is 9.53 Å². The number of rotatable bonds is 7. The molecule has 1 atom stereocenters. The van der Waals surface area contributed by atoms with Crippen LogP contribution in [0.5, 0.6) is 0 Å². The third-order valence-corrected chi connectivity index (χ3v) is 2.94. The average molecular weight is 301 g/mol. The van der Waals surface area contributed by atoms with Crippen LogP contribution < -0.4 is 5.32 Å². The first-order chi connectivity index (χ1) is 9.86. The van der Waals surface area contributed by atoms with Crippen molar-refractivity contribution in [3.8, 4) is 0 Å². The summed E-state index contributed by atoms with van der Waals surface area (Å²) in [7, 11) is 1.48. The Morgan fingerprint density at radius 1 is 1.33 bits per heavy atom. The molecule has 0 saturated carbocycles. The predicted octanol–water partition coefficient (Wildman–Crippen LogP) is 1.88. The van der Waals surface area contributed by atoms with Crippen molar-refractivity contribution in [2.75, 3.05) is 13.7 Å². The quantitative estimate of drug-likeness (QED) is 0.754. The molecule has 2 N–H and O–H groups in total. The zero-order chi connectivity index (χ0) is 16.0. The second-order valence-corrected chi connectivity index (χ2v) is 4.58. The molecule has 0 fully saturated rings. The number of carboxylic acids is 1. The van der Waals surface area contributed by atoms with Crippen molar-refractivity contribution in [2.45, 2.75) is 25.8 Å². The van der Waals surface area contributed by atoms with Crippen LogP contribution in [0.15, 0.2) is 12.1 Å². The molecule has 1 rings (SSSR count). The highest BCUT2D eigenvalue weighted by Gasteiger charge is 2.22. The number of methoxy groups -OCH3 is 1. The van der Waals surface area contributed by atoms with Crippen LogP contribution in [0.25, 0.3) is 0 Å². The molecule has 0 bridgehead atoms. The number of benzene rings is 1. The Bertz CT molecular complexity index is 534. The zero-order valence-electron chi connectivity index (χ0n) is 11.8. The summed E-state index contributed by atoms with van der Waals surface area (Å²) in [5.74, 6) is -3.91. The first-order valence-electron chi connectivity index (χ1n) is 6.35. The molecule has 0 heterocycles. The number of carbonyl (C=O) groups excluding carboxylic acids is 1. The monoisotopic (exact) mass is 301 g/mol. The molecule has 0 aliphatic carbocycles. The van der Waals surface area contributed by atoms with Gasteiger partial charge in [0, 0.05) is 19.8 Å². The Balaban J connectivity index is 2.82. The maximum atomic E-state index is 13.6. The van der Waals surface area contributed by atoms with Crippen LogP contribution in [0.3, 0.4) is 0 Å². The number of aryl methyl sites for hydroxylation is 1. The van der Waals surface area contributed by atoms with Crippen molar-refractivity contribution < 1.29 is 28.2 Å². The number of ether oxygens (including phenoxy) is 1. The number of halogens is 2. The summed E-state index contributed by atoms with van der Waals surface area (Å²) < 4.78 is 31.5. The first kappa shape index (κ1) is 17.0. The van der Waals surface area contributed by atoms with Gasteiger partial charge >= 0.3 is 5.97 Å². The van der Waals surface area contributed by atoms with Gasteiger partial charge in [-0.15, -0.1) is 0 Å². The lowest BCUT2D eigenvalue weighted by molar-refractivity contribution is -0.139. The highest BCUT2D eigenvalue weighted by atomic mass is 19.1. The molecular formula is C14H17F2NO4. The van der Waals surface area contributed by atoms with Crippen LogP contribution in [0, 0.1) is 18.6 Å². The molecule has 1 aromatic rings. The normalized spacial score (nSPS) is 12.0. The number of aliphatic carboxylic acids is 1. The van der Waals surface area contributed by atoms with E-state index in [0.717, 1.165) is 6.07 Å². The molecule has 21 heavy (non-hydrogen) atoms. The van der Waals surface area contributed by atoms with Gasteiger partial charge in [0.25, 0.3) is 5.91 Å². The fourth-order valence-electron chi connectivity index (χ4n) is 1.76. The van der Waals surface area contributed by atoms with Crippen LogP contribution >= 0.6 is 0 Å². The Kier molecular flexibility index (Phi) is 6.23. The van der Waals surface area contributed by atoms with Crippen molar-refractivity contribution >= 4 is 11.9 Å². The van der Waals surface area contributed by atoms with Crippen molar-refractivity contribution in [2.24, 2.45) is 0 Å². The number of carboxylic acid groups (broad SMARTS) is 1. The number of carbonyl (C=O) groups is 2. The zero-order valence-corrected chi connectivity index (χ0v) is 11.8. The topological polar surface area (TPSA) is 75.6 Å². The van der Waals surface area contributed by atoms with Gasteiger partial charge in [-0.3, -0.25) is 4.79 Å². The second kappa shape index (κ2) is 7.68. The molecule has 116 valence electrons. The van der Waals surface area contributed by atoms with Crippen molar-refractivity contribution in [1.29, 1.82) is 0 Å². The third-order valence-electron chi connectivity index (χ3n) is 2.94. The first-order valence-corrected chi connectivity index (χ1v) is 6.35. The molecule has 0 spiro atoms. The van der Waals surface area contributed by atoms with E-state index in [2.05, 4.69) is 5.32 Å². The summed E-state index contributed by atoms with van der Waals surface area (Å²) in [5.41, 5.74) is -0.278. The largest absolute Gasteiger partial charge is 0.480 e. The molecule has 1 aromatic carbocycles. The van der Waals surface area contributed by atoms with E-state index in [1.807, 2.05) is 0 Å². The fraction of sp³-hybridized carbons (Fsp3) is 0.429. The van der Waals surface area contributed by atoms with E-state index in [-0.39, 0.29) is 17.5 Å². The van der Waals surface area contributed by atoms with Gasteiger partial charge in [-0.1, -0.05) is 0 Å². The minimum absolute atomic E-state index is 0.104. The van der Waals surface area contributed by atoms with E-state index in [4.69, 9.17) is 9.84 Å². The minimum Gasteiger partial charge on any atom is -0.480 e. The lowest BCUT2D eigenvalue weighted by Crippen LogP contribution is -2.41. The fourth-order valence-corrected chi connectivity index (χ4v) is 1.76. The van der Waals surface area contributed by atoms with Crippen LogP contribution in [0.1, 0.15) is 28.8 Å². The summed E-state index contributed by atoms with van der Waals surface area (Å²) >= 11 is 0. The molecule has 1 unspecified atom stereocenters. The van der Waals surface area contributed by atoms with Crippen molar-refractivity contribution in [3.63, 3.8) is 0 Å². The molecular weight excluding hydrogens is 284 g/mol. The predicted molar refractivity (Wildman–Crippen MR) is 71.1 cm³/mol. The van der Waals surface area contributed by atoms with E-state index in [0.29, 0.717) is 19.1 Å². The smallest absolute Gasteiger partial charge is 0.326 e. The molecule has 1 amide bonds. The van der Waals surface area contributed by atoms with Crippen LogP contribution in [0.2, 0.25) is 0 Å². The standard InChI is InChI=1S/C14H17F2NO4/c1-8-6-9(11(16)7-10(8)15)13(18)17-12(14(19)20)4-3-5-21-2/h6-7,12H,3-5H2,1-2H3,(H,17,18)(H,19,20). The highest BCUT2D eigenvalue weighted by molar-refractivity contribution is 5.97. The van der Waals surface area contributed by atoms with Gasteiger partial charge in [-0.05, 0) is 31.4 Å². The van der Waals surface area contributed by atoms with Gasteiger partial charge in [0.15, 0.2) is 0 Å². The Morgan fingerprint density at radius 3 is 2.57 bits per heavy atom. The molecule has 0 saturated heterocycles. The van der Waals surface area contributed by atoms with Gasteiger partial charge in [0.05, 0.1) is 5.56 Å². The average Bonchev–Trinajstić information content (AvgIpc) is 2.41. The molecule has 7 heteroatoms. The molecule has 0 aromatic heterocycles. The van der Waals surface area contributed by atoms with Gasteiger partial charge in [-0.25, -0.2) is 13.6 Å². The highest BCUT2D eigenvalue weighted by Crippen LogP contribution is 2.14. The number of hydrogen-bond donors (Lipinski definition) is 2. The van der Waals surface area contributed by atoms with Crippen LogP contribution in [0.4, 0.5) is 8.78 Å². The number of amides is 1. The van der Waals surface area contributed by atoms with Crippen molar-refractivity contribution in [1.82, 2.24) is 5.32 Å². The number of nitrogens with one attached hydrogen (secondary N) is 1. The van der Waals surface area contributed by atoms with E-state index < -0.39 is 29.6 Å². The second-order valence-electron chi connectivity index (χ2n) is 4.58. The molecule has 0 radical (unpaired) electrons. The summed E-state index contributed by atoms with van der Waals surface area (Å²) in [4.78, 5) is 23.0. The summed E-state index contributed by atoms with van der Waals surface area (Å²) in [6.45, 7) is 1.74. The summed E-state index contributed by atoms with van der Waals surface area (Å²) in [6, 6.07) is 0.497. The number of hydrogen-bond acceptors (Lipinski definition) is 3. The van der Waals surface area contributed by atoms with Gasteiger partial charge < -0.3 is 15.2 Å².